The zero-order valence-electron chi connectivity index (χ0n) is 22.0. The summed E-state index contributed by atoms with van der Waals surface area (Å²) in [6.45, 7) is 0.725. The summed E-state index contributed by atoms with van der Waals surface area (Å²) < 4.78 is 22.2. The number of benzene rings is 1. The lowest BCUT2D eigenvalue weighted by Crippen LogP contribution is -2.49. The van der Waals surface area contributed by atoms with E-state index in [0.717, 1.165) is 29.9 Å². The number of imidazole rings is 1. The summed E-state index contributed by atoms with van der Waals surface area (Å²) in [6.07, 6.45) is 5.81. The molecule has 0 bridgehead atoms. The van der Waals surface area contributed by atoms with Gasteiger partial charge in [-0.05, 0) is 74.6 Å². The van der Waals surface area contributed by atoms with Gasteiger partial charge >= 0.3 is 0 Å². The van der Waals surface area contributed by atoms with Crippen molar-refractivity contribution in [2.24, 2.45) is 25.9 Å². The number of fused-ring (bicyclic) bond motifs is 1. The average molecular weight is 558 g/mol. The van der Waals surface area contributed by atoms with Gasteiger partial charge in [-0.25, -0.2) is 9.37 Å². The van der Waals surface area contributed by atoms with Crippen LogP contribution in [0.3, 0.4) is 0 Å². The van der Waals surface area contributed by atoms with Crippen LogP contribution in [0.5, 0.6) is 0 Å². The fourth-order valence-electron chi connectivity index (χ4n) is 6.81. The van der Waals surface area contributed by atoms with Crippen molar-refractivity contribution in [3.8, 4) is 0 Å². The first-order chi connectivity index (χ1) is 18.5. The first-order valence-corrected chi connectivity index (χ1v) is 13.7. The Morgan fingerprint density at radius 3 is 2.56 bits per heavy atom. The number of hydrogen-bond donors (Lipinski definition) is 3. The Labute approximate surface area is 230 Å². The number of anilines is 1. The monoisotopic (exact) mass is 557 g/mol. The third-order valence-electron chi connectivity index (χ3n) is 8.78. The molecule has 39 heavy (non-hydrogen) atoms. The van der Waals surface area contributed by atoms with Gasteiger partial charge in [0.1, 0.15) is 22.7 Å². The van der Waals surface area contributed by atoms with Crippen molar-refractivity contribution in [3.63, 3.8) is 0 Å². The summed E-state index contributed by atoms with van der Waals surface area (Å²) >= 11 is 5.88. The minimum absolute atomic E-state index is 0.0556. The third kappa shape index (κ3) is 4.88. The number of nitrogens with one attached hydrogen (secondary N) is 1. The van der Waals surface area contributed by atoms with Crippen molar-refractivity contribution < 1.29 is 24.1 Å². The summed E-state index contributed by atoms with van der Waals surface area (Å²) in [5.74, 6) is -0.143. The summed E-state index contributed by atoms with van der Waals surface area (Å²) in [5.41, 5.74) is 1.61. The molecule has 0 spiro atoms. The van der Waals surface area contributed by atoms with E-state index < -0.39 is 17.0 Å². The normalized spacial score (nSPS) is 27.4. The number of amides is 1. The minimum Gasteiger partial charge on any atom is -0.385 e. The molecule has 208 valence electrons. The fourth-order valence-corrected chi connectivity index (χ4v) is 6.99. The number of rotatable bonds is 7. The van der Waals surface area contributed by atoms with Crippen LogP contribution in [0.1, 0.15) is 65.6 Å². The molecule has 2 saturated carbocycles. The van der Waals surface area contributed by atoms with Gasteiger partial charge in [-0.15, -0.1) is 0 Å². The molecule has 1 saturated heterocycles. The standard InChI is InChI=1S/C28H33ClFN5O4/c1-34-15-31-24(25(34)26(36)32-19-3-4-22(30)21(29)9-19)16-7-17-11-28(38,12-18(17)8-16)23-10-20(33-35(23)2)5-6-27(37)13-39-14-27/h3-4,9-10,15-18,37-38H,5-8,11-14H2,1-2H3,(H,32,36). The molecule has 2 atom stereocenters. The smallest absolute Gasteiger partial charge is 0.274 e. The molecular weight excluding hydrogens is 525 g/mol. The lowest BCUT2D eigenvalue weighted by atomic mass is 9.89. The van der Waals surface area contributed by atoms with Gasteiger partial charge in [-0.1, -0.05) is 11.6 Å². The van der Waals surface area contributed by atoms with E-state index in [-0.39, 0.29) is 16.8 Å². The van der Waals surface area contributed by atoms with Gasteiger partial charge in [0, 0.05) is 25.7 Å². The number of carbonyl (C=O) groups excluding carboxylic acids is 1. The zero-order valence-corrected chi connectivity index (χ0v) is 22.8. The quantitative estimate of drug-likeness (QED) is 0.408. The number of ether oxygens (including phenoxy) is 1. The summed E-state index contributed by atoms with van der Waals surface area (Å²) in [4.78, 5) is 17.8. The molecule has 6 rings (SSSR count). The van der Waals surface area contributed by atoms with Gasteiger partial charge in [0.15, 0.2) is 0 Å². The van der Waals surface area contributed by atoms with Crippen molar-refractivity contribution in [2.45, 2.75) is 55.6 Å². The number of aromatic nitrogens is 4. The molecule has 1 aromatic carbocycles. The van der Waals surface area contributed by atoms with Gasteiger partial charge in [0.2, 0.25) is 0 Å². The molecule has 3 aliphatic rings. The van der Waals surface area contributed by atoms with Crippen molar-refractivity contribution in [1.82, 2.24) is 19.3 Å². The van der Waals surface area contributed by atoms with Crippen LogP contribution in [-0.2, 0) is 30.9 Å². The second kappa shape index (κ2) is 9.69. The van der Waals surface area contributed by atoms with Crippen LogP contribution in [0.2, 0.25) is 5.02 Å². The Bertz CT molecular complexity index is 1400. The summed E-state index contributed by atoms with van der Waals surface area (Å²) in [6, 6.07) is 6.06. The van der Waals surface area contributed by atoms with E-state index in [9.17, 15) is 19.4 Å². The Kier molecular flexibility index (Phi) is 6.57. The van der Waals surface area contributed by atoms with E-state index in [4.69, 9.17) is 16.3 Å². The Hall–Kier alpha value is -2.79. The largest absolute Gasteiger partial charge is 0.385 e. The maximum absolute atomic E-state index is 13.5. The van der Waals surface area contributed by atoms with E-state index in [0.29, 0.717) is 62.1 Å². The molecule has 11 heteroatoms. The highest BCUT2D eigenvalue weighted by molar-refractivity contribution is 6.31. The number of aliphatic hydroxyl groups is 2. The van der Waals surface area contributed by atoms with Gasteiger partial charge in [-0.2, -0.15) is 5.10 Å². The van der Waals surface area contributed by atoms with E-state index in [1.165, 1.54) is 18.2 Å². The Morgan fingerprint density at radius 2 is 1.92 bits per heavy atom. The van der Waals surface area contributed by atoms with Crippen molar-refractivity contribution in [2.75, 3.05) is 18.5 Å². The summed E-state index contributed by atoms with van der Waals surface area (Å²) in [7, 11) is 3.65. The first kappa shape index (κ1) is 26.4. The van der Waals surface area contributed by atoms with Crippen LogP contribution < -0.4 is 5.32 Å². The first-order valence-electron chi connectivity index (χ1n) is 13.4. The maximum atomic E-state index is 13.5. The average Bonchev–Trinajstić information content (AvgIpc) is 3.60. The lowest BCUT2D eigenvalue weighted by molar-refractivity contribution is -0.180. The van der Waals surface area contributed by atoms with E-state index in [1.807, 2.05) is 13.1 Å². The van der Waals surface area contributed by atoms with E-state index in [1.54, 1.807) is 22.6 Å². The van der Waals surface area contributed by atoms with Gasteiger partial charge in [0.25, 0.3) is 5.91 Å². The molecule has 2 unspecified atom stereocenters. The highest BCUT2D eigenvalue weighted by atomic mass is 35.5. The van der Waals surface area contributed by atoms with Crippen LogP contribution in [0.15, 0.2) is 30.6 Å². The molecule has 2 aromatic heterocycles. The molecule has 3 aromatic rings. The molecular formula is C28H33ClFN5O4. The van der Waals surface area contributed by atoms with Crippen molar-refractivity contribution >= 4 is 23.2 Å². The number of halogens is 2. The maximum Gasteiger partial charge on any atom is 0.274 e. The number of hydrogen-bond acceptors (Lipinski definition) is 6. The zero-order chi connectivity index (χ0) is 27.5. The predicted octanol–water partition coefficient (Wildman–Crippen LogP) is 3.68. The van der Waals surface area contributed by atoms with E-state index in [2.05, 4.69) is 15.4 Å². The predicted molar refractivity (Wildman–Crippen MR) is 142 cm³/mol. The molecule has 2 aliphatic carbocycles. The topological polar surface area (TPSA) is 114 Å². The Morgan fingerprint density at radius 1 is 1.21 bits per heavy atom. The molecule has 1 amide bonds. The lowest BCUT2D eigenvalue weighted by Gasteiger charge is -2.36. The van der Waals surface area contributed by atoms with Gasteiger partial charge in [0.05, 0.1) is 41.6 Å². The molecule has 3 heterocycles. The number of nitrogens with zero attached hydrogens (tertiary/aromatic N) is 4. The molecule has 9 nitrogen and oxygen atoms in total. The van der Waals surface area contributed by atoms with Crippen molar-refractivity contribution in [1.29, 1.82) is 0 Å². The van der Waals surface area contributed by atoms with E-state index >= 15 is 0 Å². The minimum atomic E-state index is -0.955. The second-order valence-corrected chi connectivity index (χ2v) is 12.1. The Balaban J connectivity index is 1.13. The second-order valence-electron chi connectivity index (χ2n) is 11.7. The van der Waals surface area contributed by atoms with Crippen molar-refractivity contribution in [3.05, 3.63) is 64.2 Å². The van der Waals surface area contributed by atoms with Crippen LogP contribution in [0.25, 0.3) is 0 Å². The fraction of sp³-hybridized carbons (Fsp3) is 0.536. The van der Waals surface area contributed by atoms with Crippen LogP contribution in [-0.4, -0.2) is 54.3 Å². The molecule has 3 fully saturated rings. The molecule has 1 aliphatic heterocycles. The molecule has 3 N–H and O–H groups in total. The SMILES string of the molecule is Cn1cnc(C2CC3CC(O)(c4cc(CCC5(O)COC5)nn4C)CC3C2)c1C(=O)Nc1ccc(F)c(Cl)c1. The number of carbonyl (C=O) groups is 1. The summed E-state index contributed by atoms with van der Waals surface area (Å²) in [5, 5.41) is 29.4. The van der Waals surface area contributed by atoms with Crippen LogP contribution in [0.4, 0.5) is 10.1 Å². The highest BCUT2D eigenvalue weighted by Gasteiger charge is 2.51. The highest BCUT2D eigenvalue weighted by Crippen LogP contribution is 2.56. The van der Waals surface area contributed by atoms with Crippen LogP contribution in [0, 0.1) is 17.7 Å². The van der Waals surface area contributed by atoms with Crippen LogP contribution >= 0.6 is 11.6 Å². The number of aryl methyl sites for hydroxylation is 3. The van der Waals surface area contributed by atoms with Gasteiger partial charge in [-0.3, -0.25) is 9.48 Å². The van der Waals surface area contributed by atoms with Gasteiger partial charge < -0.3 is 24.8 Å². The third-order valence-corrected chi connectivity index (χ3v) is 9.07. The molecule has 0 radical (unpaired) electrons.